The Labute approximate surface area is 205 Å². The topological polar surface area (TPSA) is 66.0 Å². The number of carbonyl (C=O) groups excluding carboxylic acids is 2. The molecule has 3 amide bonds. The van der Waals surface area contributed by atoms with Gasteiger partial charge in [-0.1, -0.05) is 0 Å². The molecule has 3 fully saturated rings. The summed E-state index contributed by atoms with van der Waals surface area (Å²) >= 11 is -0.237. The molecule has 11 heteroatoms. The van der Waals surface area contributed by atoms with Crippen LogP contribution in [-0.4, -0.2) is 64.0 Å². The molecule has 0 radical (unpaired) electrons. The smallest absolute Gasteiger partial charge is 0.446 e. The molecular weight excluding hydrogens is 481 g/mol. The number of ether oxygens (including phenoxy) is 1. The average Bonchev–Trinajstić information content (AvgIpc) is 3.40. The molecule has 2 aromatic rings. The maximum absolute atomic E-state index is 13.3. The number of imide groups is 1. The molecule has 1 spiro atoms. The van der Waals surface area contributed by atoms with Crippen LogP contribution in [0.15, 0.2) is 47.5 Å². The SMILES string of the molecule is O=C1N(c2ccc(SC(F)(F)F)cc2)C(=O)C2(CC2)N1Cc1ccnc(OCCN2CCCC2)c1. The number of hydrogen-bond acceptors (Lipinski definition) is 6. The van der Waals surface area contributed by atoms with Crippen molar-refractivity contribution >= 4 is 29.4 Å². The van der Waals surface area contributed by atoms with E-state index in [0.717, 1.165) is 30.1 Å². The Kier molecular flexibility index (Phi) is 6.39. The van der Waals surface area contributed by atoms with Crippen molar-refractivity contribution < 1.29 is 27.5 Å². The predicted molar refractivity (Wildman–Crippen MR) is 124 cm³/mol. The summed E-state index contributed by atoms with van der Waals surface area (Å²) in [4.78, 5) is 35.7. The van der Waals surface area contributed by atoms with Crippen LogP contribution in [0.2, 0.25) is 0 Å². The second kappa shape index (κ2) is 9.34. The van der Waals surface area contributed by atoms with Crippen molar-refractivity contribution in [2.75, 3.05) is 31.1 Å². The van der Waals surface area contributed by atoms with Crippen molar-refractivity contribution in [3.63, 3.8) is 0 Å². The van der Waals surface area contributed by atoms with E-state index in [0.29, 0.717) is 25.3 Å². The van der Waals surface area contributed by atoms with Crippen LogP contribution in [0.5, 0.6) is 5.88 Å². The van der Waals surface area contributed by atoms with Crippen LogP contribution in [0.4, 0.5) is 23.7 Å². The van der Waals surface area contributed by atoms with Gasteiger partial charge in [-0.15, -0.1) is 0 Å². The van der Waals surface area contributed by atoms with Crippen LogP contribution >= 0.6 is 11.8 Å². The van der Waals surface area contributed by atoms with Gasteiger partial charge in [-0.2, -0.15) is 13.2 Å². The van der Waals surface area contributed by atoms with Gasteiger partial charge in [-0.05, 0) is 86.4 Å². The number of thioether (sulfide) groups is 1. The second-order valence-electron chi connectivity index (χ2n) is 8.98. The molecule has 0 bridgehead atoms. The van der Waals surface area contributed by atoms with Crippen LogP contribution in [0.3, 0.4) is 0 Å². The molecule has 1 saturated carbocycles. The quantitative estimate of drug-likeness (QED) is 0.383. The lowest BCUT2D eigenvalue weighted by Crippen LogP contribution is -2.36. The molecular formula is C24H25F3N4O3S. The summed E-state index contributed by atoms with van der Waals surface area (Å²) in [5.74, 6) is 0.133. The second-order valence-corrected chi connectivity index (χ2v) is 10.1. The van der Waals surface area contributed by atoms with E-state index in [9.17, 15) is 22.8 Å². The molecule has 1 aliphatic carbocycles. The monoisotopic (exact) mass is 506 g/mol. The first-order valence-electron chi connectivity index (χ1n) is 11.6. The lowest BCUT2D eigenvalue weighted by Gasteiger charge is -2.21. The fourth-order valence-corrected chi connectivity index (χ4v) is 5.20. The van der Waals surface area contributed by atoms with Gasteiger partial charge in [0.25, 0.3) is 5.91 Å². The number of anilines is 1. The highest BCUT2D eigenvalue weighted by Gasteiger charge is 2.65. The van der Waals surface area contributed by atoms with Gasteiger partial charge in [0.05, 0.1) is 5.69 Å². The van der Waals surface area contributed by atoms with Gasteiger partial charge in [0.2, 0.25) is 5.88 Å². The van der Waals surface area contributed by atoms with E-state index in [4.69, 9.17) is 4.74 Å². The number of benzene rings is 1. The van der Waals surface area contributed by atoms with E-state index in [1.807, 2.05) is 0 Å². The molecule has 0 N–H and O–H groups in total. The Balaban J connectivity index is 1.27. The number of pyridine rings is 1. The molecule has 0 atom stereocenters. The Morgan fingerprint density at radius 1 is 1.06 bits per heavy atom. The highest BCUT2D eigenvalue weighted by atomic mass is 32.2. The number of hydrogen-bond donors (Lipinski definition) is 0. The third kappa shape index (κ3) is 5.11. The summed E-state index contributed by atoms with van der Waals surface area (Å²) in [6.07, 6.45) is 5.16. The minimum atomic E-state index is -4.41. The number of rotatable bonds is 8. The van der Waals surface area contributed by atoms with Gasteiger partial charge in [-0.3, -0.25) is 9.69 Å². The number of urea groups is 1. The molecule has 186 valence electrons. The maximum Gasteiger partial charge on any atom is 0.446 e. The number of carbonyl (C=O) groups is 2. The molecule has 3 heterocycles. The van der Waals surface area contributed by atoms with Crippen molar-refractivity contribution in [3.8, 4) is 5.88 Å². The van der Waals surface area contributed by atoms with Crippen LogP contribution in [-0.2, 0) is 11.3 Å². The van der Waals surface area contributed by atoms with Crippen molar-refractivity contribution in [1.82, 2.24) is 14.8 Å². The van der Waals surface area contributed by atoms with Gasteiger partial charge in [-0.25, -0.2) is 14.7 Å². The Bertz CT molecular complexity index is 1100. The van der Waals surface area contributed by atoms with E-state index >= 15 is 0 Å². The minimum absolute atomic E-state index is 0.00705. The maximum atomic E-state index is 13.3. The summed E-state index contributed by atoms with van der Waals surface area (Å²) in [5, 5.41) is 0. The van der Waals surface area contributed by atoms with Gasteiger partial charge in [0.15, 0.2) is 0 Å². The molecule has 0 unspecified atom stereocenters. The van der Waals surface area contributed by atoms with Crippen molar-refractivity contribution in [2.45, 2.75) is 48.2 Å². The summed E-state index contributed by atoms with van der Waals surface area (Å²) in [5.41, 5.74) is -4.24. The summed E-state index contributed by atoms with van der Waals surface area (Å²) in [6.45, 7) is 3.75. The van der Waals surface area contributed by atoms with Gasteiger partial charge in [0.1, 0.15) is 12.1 Å². The zero-order valence-electron chi connectivity index (χ0n) is 19.0. The van der Waals surface area contributed by atoms with Crippen molar-refractivity contribution in [1.29, 1.82) is 0 Å². The predicted octanol–water partition coefficient (Wildman–Crippen LogP) is 4.67. The molecule has 2 saturated heterocycles. The van der Waals surface area contributed by atoms with Crippen LogP contribution < -0.4 is 9.64 Å². The zero-order chi connectivity index (χ0) is 24.6. The number of alkyl halides is 3. The molecule has 35 heavy (non-hydrogen) atoms. The lowest BCUT2D eigenvalue weighted by atomic mass is 10.2. The first kappa shape index (κ1) is 23.9. The fourth-order valence-electron chi connectivity index (χ4n) is 4.66. The molecule has 1 aromatic heterocycles. The minimum Gasteiger partial charge on any atom is -0.476 e. The van der Waals surface area contributed by atoms with Crippen LogP contribution in [0.25, 0.3) is 0 Å². The van der Waals surface area contributed by atoms with Crippen molar-refractivity contribution in [3.05, 3.63) is 48.2 Å². The standard InChI is InChI=1S/C24H25F3N4O3S/c25-24(26,27)35-19-5-3-18(4-6-19)31-21(32)23(8-9-23)30(22(31)33)16-17-7-10-28-20(15-17)34-14-13-29-11-1-2-12-29/h3-7,10,15H,1-2,8-9,11-14,16H2. The summed E-state index contributed by atoms with van der Waals surface area (Å²) in [6, 6.07) is 8.38. The molecule has 3 aliphatic rings. The van der Waals surface area contributed by atoms with Gasteiger partial charge >= 0.3 is 11.5 Å². The van der Waals surface area contributed by atoms with E-state index < -0.39 is 17.1 Å². The number of halogens is 3. The first-order chi connectivity index (χ1) is 16.7. The largest absolute Gasteiger partial charge is 0.476 e. The van der Waals surface area contributed by atoms with Gasteiger partial charge < -0.3 is 9.64 Å². The van der Waals surface area contributed by atoms with E-state index in [1.165, 1.54) is 37.1 Å². The molecule has 1 aromatic carbocycles. The number of aromatic nitrogens is 1. The molecule has 2 aliphatic heterocycles. The van der Waals surface area contributed by atoms with E-state index in [1.54, 1.807) is 23.2 Å². The Hall–Kier alpha value is -2.79. The number of amides is 3. The third-order valence-corrected chi connectivity index (χ3v) is 7.33. The highest BCUT2D eigenvalue weighted by molar-refractivity contribution is 8.00. The highest BCUT2D eigenvalue weighted by Crippen LogP contribution is 2.50. The lowest BCUT2D eigenvalue weighted by molar-refractivity contribution is -0.120. The molecule has 5 rings (SSSR count). The Morgan fingerprint density at radius 2 is 1.77 bits per heavy atom. The van der Waals surface area contributed by atoms with E-state index in [-0.39, 0.29) is 34.8 Å². The first-order valence-corrected chi connectivity index (χ1v) is 12.4. The normalized spacial score (nSPS) is 19.7. The van der Waals surface area contributed by atoms with Crippen LogP contribution in [0.1, 0.15) is 31.2 Å². The number of nitrogens with zero attached hydrogens (tertiary/aromatic N) is 4. The van der Waals surface area contributed by atoms with E-state index in [2.05, 4.69) is 9.88 Å². The third-order valence-electron chi connectivity index (χ3n) is 6.59. The summed E-state index contributed by atoms with van der Waals surface area (Å²) < 4.78 is 43.7. The zero-order valence-corrected chi connectivity index (χ0v) is 19.8. The van der Waals surface area contributed by atoms with Gasteiger partial charge in [0, 0.05) is 30.2 Å². The van der Waals surface area contributed by atoms with Crippen molar-refractivity contribution in [2.24, 2.45) is 0 Å². The van der Waals surface area contributed by atoms with Crippen LogP contribution in [0, 0.1) is 0 Å². The average molecular weight is 507 g/mol. The Morgan fingerprint density at radius 3 is 2.43 bits per heavy atom. The fraction of sp³-hybridized carbons (Fsp3) is 0.458. The molecule has 7 nitrogen and oxygen atoms in total. The number of likely N-dealkylation sites (tertiary alicyclic amines) is 1. The summed E-state index contributed by atoms with van der Waals surface area (Å²) in [7, 11) is 0.